The van der Waals surface area contributed by atoms with E-state index in [0.29, 0.717) is 19.1 Å². The molecule has 0 spiro atoms. The average molecular weight is 268 g/mol. The molecule has 2 aliphatic carbocycles. The largest absolute Gasteiger partial charge is 0.373 e. The Bertz CT molecular complexity index is 579. The Morgan fingerprint density at radius 3 is 2.60 bits per heavy atom. The number of ether oxygens (including phenoxy) is 1. The average Bonchev–Trinajstić information content (AvgIpc) is 3.01. The second-order valence-electron chi connectivity index (χ2n) is 6.33. The maximum atomic E-state index is 12.3. The molecule has 1 fully saturated rings. The summed E-state index contributed by atoms with van der Waals surface area (Å²) in [6.07, 6.45) is 7.24. The predicted octanol–water partition coefficient (Wildman–Crippen LogP) is 4.01. The number of hydrogen-bond acceptors (Lipinski definition) is 2. The van der Waals surface area contributed by atoms with Crippen LogP contribution in [-0.2, 0) is 4.74 Å². The standard InChI is InChI=1S/C18H20O2/c19-17-9-13-10-18(12-5-1-2-6-12)20-11-16(13)14-7-3-4-8-15(14)17/h3-4,7-8,12,18H,1-2,5-6,9-11H2/t18-/m0/s1. The minimum absolute atomic E-state index is 0.284. The van der Waals surface area contributed by atoms with Gasteiger partial charge in [0.25, 0.3) is 0 Å². The highest BCUT2D eigenvalue weighted by Gasteiger charge is 2.34. The first-order valence-corrected chi connectivity index (χ1v) is 7.78. The minimum atomic E-state index is 0.284. The highest BCUT2D eigenvalue weighted by molar-refractivity contribution is 6.06. The third-order valence-electron chi connectivity index (χ3n) is 5.17. The zero-order valence-corrected chi connectivity index (χ0v) is 11.7. The maximum Gasteiger partial charge on any atom is 0.167 e. The number of benzene rings is 1. The second-order valence-corrected chi connectivity index (χ2v) is 6.33. The number of ketones is 1. The summed E-state index contributed by atoms with van der Waals surface area (Å²) in [7, 11) is 0. The molecule has 2 nitrogen and oxygen atoms in total. The first-order valence-electron chi connectivity index (χ1n) is 7.78. The van der Waals surface area contributed by atoms with E-state index in [1.807, 2.05) is 18.2 Å². The van der Waals surface area contributed by atoms with E-state index in [0.717, 1.165) is 23.5 Å². The van der Waals surface area contributed by atoms with Gasteiger partial charge in [0.2, 0.25) is 0 Å². The molecule has 3 aliphatic rings. The van der Waals surface area contributed by atoms with Gasteiger partial charge in [0.15, 0.2) is 5.78 Å². The van der Waals surface area contributed by atoms with Gasteiger partial charge in [0.05, 0.1) is 12.7 Å². The van der Waals surface area contributed by atoms with Crippen LogP contribution < -0.4 is 0 Å². The van der Waals surface area contributed by atoms with Gasteiger partial charge < -0.3 is 4.74 Å². The molecule has 0 N–H and O–H groups in total. The van der Waals surface area contributed by atoms with Crippen LogP contribution in [-0.4, -0.2) is 18.5 Å². The third-order valence-corrected chi connectivity index (χ3v) is 5.17. The quantitative estimate of drug-likeness (QED) is 0.769. The fourth-order valence-corrected chi connectivity index (χ4v) is 4.07. The van der Waals surface area contributed by atoms with Gasteiger partial charge in [0, 0.05) is 12.0 Å². The van der Waals surface area contributed by atoms with Crippen molar-refractivity contribution in [2.45, 2.75) is 44.6 Å². The number of carbonyl (C=O) groups is 1. The molecule has 0 amide bonds. The van der Waals surface area contributed by atoms with Crippen LogP contribution in [0.5, 0.6) is 0 Å². The lowest BCUT2D eigenvalue weighted by Gasteiger charge is -2.34. The highest BCUT2D eigenvalue weighted by Crippen LogP contribution is 2.41. The molecule has 1 aliphatic heterocycles. The van der Waals surface area contributed by atoms with Crippen molar-refractivity contribution in [3.63, 3.8) is 0 Å². The van der Waals surface area contributed by atoms with Crippen molar-refractivity contribution in [2.75, 3.05) is 6.61 Å². The molecule has 4 rings (SSSR count). The van der Waals surface area contributed by atoms with Gasteiger partial charge in [-0.3, -0.25) is 4.79 Å². The number of Topliss-reactive ketones (excluding diaryl/α,β-unsaturated/α-hetero) is 1. The molecule has 0 unspecified atom stereocenters. The number of fused-ring (bicyclic) bond motifs is 2. The van der Waals surface area contributed by atoms with E-state index < -0.39 is 0 Å². The van der Waals surface area contributed by atoms with Gasteiger partial charge in [-0.1, -0.05) is 42.7 Å². The first kappa shape index (κ1) is 12.3. The summed E-state index contributed by atoms with van der Waals surface area (Å²) in [5.74, 6) is 1.00. The summed E-state index contributed by atoms with van der Waals surface area (Å²) in [4.78, 5) is 12.3. The Labute approximate surface area is 119 Å². The Hall–Kier alpha value is -1.41. The van der Waals surface area contributed by atoms with Crippen LogP contribution in [0.4, 0.5) is 0 Å². The molecule has 1 saturated carbocycles. The van der Waals surface area contributed by atoms with E-state index in [2.05, 4.69) is 6.07 Å². The number of carbonyl (C=O) groups excluding carboxylic acids is 1. The van der Waals surface area contributed by atoms with Gasteiger partial charge in [0.1, 0.15) is 0 Å². The number of hydrogen-bond donors (Lipinski definition) is 0. The fourth-order valence-electron chi connectivity index (χ4n) is 4.07. The SMILES string of the molecule is O=C1CC2=C(CO[C@H](C3CCCC3)C2)c2ccccc21. The normalized spacial score (nSPS) is 26.6. The van der Waals surface area contributed by atoms with Crippen LogP contribution in [0.2, 0.25) is 0 Å². The van der Waals surface area contributed by atoms with Crippen molar-refractivity contribution in [3.8, 4) is 0 Å². The fraction of sp³-hybridized carbons (Fsp3) is 0.500. The van der Waals surface area contributed by atoms with Gasteiger partial charge in [-0.2, -0.15) is 0 Å². The second kappa shape index (κ2) is 4.85. The van der Waals surface area contributed by atoms with Crippen LogP contribution >= 0.6 is 0 Å². The molecule has 104 valence electrons. The van der Waals surface area contributed by atoms with Crippen LogP contribution in [0.3, 0.4) is 0 Å². The number of rotatable bonds is 1. The Morgan fingerprint density at radius 2 is 1.80 bits per heavy atom. The molecule has 1 aromatic rings. The van der Waals surface area contributed by atoms with Gasteiger partial charge >= 0.3 is 0 Å². The zero-order chi connectivity index (χ0) is 13.5. The van der Waals surface area contributed by atoms with Crippen molar-refractivity contribution in [1.82, 2.24) is 0 Å². The molecule has 20 heavy (non-hydrogen) atoms. The van der Waals surface area contributed by atoms with Crippen molar-refractivity contribution in [3.05, 3.63) is 41.0 Å². The smallest absolute Gasteiger partial charge is 0.167 e. The van der Waals surface area contributed by atoms with E-state index in [9.17, 15) is 4.79 Å². The lowest BCUT2D eigenvalue weighted by Crippen LogP contribution is -2.30. The van der Waals surface area contributed by atoms with Gasteiger partial charge in [-0.05, 0) is 36.3 Å². The van der Waals surface area contributed by atoms with Crippen molar-refractivity contribution in [2.24, 2.45) is 5.92 Å². The molecular weight excluding hydrogens is 248 g/mol. The van der Waals surface area contributed by atoms with Gasteiger partial charge in [-0.15, -0.1) is 0 Å². The van der Waals surface area contributed by atoms with Crippen molar-refractivity contribution < 1.29 is 9.53 Å². The van der Waals surface area contributed by atoms with Gasteiger partial charge in [-0.25, -0.2) is 0 Å². The van der Waals surface area contributed by atoms with E-state index in [1.54, 1.807) is 0 Å². The van der Waals surface area contributed by atoms with E-state index >= 15 is 0 Å². The van der Waals surface area contributed by atoms with E-state index in [1.165, 1.54) is 36.8 Å². The molecule has 1 aromatic carbocycles. The summed E-state index contributed by atoms with van der Waals surface area (Å²) in [5.41, 5.74) is 4.63. The first-order chi connectivity index (χ1) is 9.83. The Balaban J connectivity index is 1.66. The van der Waals surface area contributed by atoms with Crippen molar-refractivity contribution >= 4 is 11.4 Å². The van der Waals surface area contributed by atoms with Crippen molar-refractivity contribution in [1.29, 1.82) is 0 Å². The summed E-state index contributed by atoms with van der Waals surface area (Å²) in [6, 6.07) is 7.99. The lowest BCUT2D eigenvalue weighted by atomic mass is 9.80. The molecule has 0 saturated heterocycles. The summed E-state index contributed by atoms with van der Waals surface area (Å²) in [6.45, 7) is 0.695. The summed E-state index contributed by atoms with van der Waals surface area (Å²) in [5, 5.41) is 0. The molecule has 1 heterocycles. The zero-order valence-electron chi connectivity index (χ0n) is 11.7. The summed E-state index contributed by atoms with van der Waals surface area (Å²) >= 11 is 0. The Morgan fingerprint density at radius 1 is 1.05 bits per heavy atom. The molecule has 0 radical (unpaired) electrons. The van der Waals surface area contributed by atoms with Crippen LogP contribution in [0.1, 0.15) is 54.4 Å². The molecule has 0 bridgehead atoms. The summed E-state index contributed by atoms with van der Waals surface area (Å²) < 4.78 is 6.15. The highest BCUT2D eigenvalue weighted by atomic mass is 16.5. The topological polar surface area (TPSA) is 26.3 Å². The predicted molar refractivity (Wildman–Crippen MR) is 78.6 cm³/mol. The Kier molecular flexibility index (Phi) is 2.99. The maximum absolute atomic E-state index is 12.3. The van der Waals surface area contributed by atoms with Crippen LogP contribution in [0, 0.1) is 5.92 Å². The molecule has 1 atom stereocenters. The molecule has 2 heteroatoms. The lowest BCUT2D eigenvalue weighted by molar-refractivity contribution is 0.0258. The monoisotopic (exact) mass is 268 g/mol. The van der Waals surface area contributed by atoms with E-state index in [-0.39, 0.29) is 5.78 Å². The van der Waals surface area contributed by atoms with Crippen LogP contribution in [0.15, 0.2) is 29.8 Å². The van der Waals surface area contributed by atoms with E-state index in [4.69, 9.17) is 4.74 Å². The third kappa shape index (κ3) is 1.94. The molecule has 0 aromatic heterocycles. The molecular formula is C18H20O2. The minimum Gasteiger partial charge on any atom is -0.373 e. The van der Waals surface area contributed by atoms with Crippen LogP contribution in [0.25, 0.3) is 5.57 Å².